The topological polar surface area (TPSA) is 142 Å². The Morgan fingerprint density at radius 3 is 2.61 bits per heavy atom. The van der Waals surface area contributed by atoms with E-state index >= 15 is 0 Å². The zero-order valence-corrected chi connectivity index (χ0v) is 23.4. The summed E-state index contributed by atoms with van der Waals surface area (Å²) < 4.78 is 67.4. The first kappa shape index (κ1) is 28.1. The number of pyridine rings is 1. The van der Waals surface area contributed by atoms with E-state index in [1.165, 1.54) is 36.4 Å². The van der Waals surface area contributed by atoms with Crippen molar-refractivity contribution in [1.82, 2.24) is 14.5 Å². The van der Waals surface area contributed by atoms with Crippen molar-refractivity contribution in [2.75, 3.05) is 11.0 Å². The molecule has 0 atom stereocenters. The highest BCUT2D eigenvalue weighted by Gasteiger charge is 2.24. The van der Waals surface area contributed by atoms with Gasteiger partial charge in [0.25, 0.3) is 5.91 Å². The number of halogens is 3. The van der Waals surface area contributed by atoms with E-state index in [1.807, 2.05) is 0 Å². The van der Waals surface area contributed by atoms with E-state index in [1.54, 1.807) is 18.5 Å². The van der Waals surface area contributed by atoms with E-state index in [4.69, 9.17) is 26.5 Å². The van der Waals surface area contributed by atoms with E-state index < -0.39 is 27.6 Å². The normalized spacial score (nSPS) is 11.7. The molecule has 41 heavy (non-hydrogen) atoms. The Hall–Kier alpha value is -4.49. The Balaban J connectivity index is 1.60. The van der Waals surface area contributed by atoms with Crippen LogP contribution in [-0.4, -0.2) is 35.1 Å². The molecular weight excluding hydrogens is 580 g/mol. The van der Waals surface area contributed by atoms with E-state index in [9.17, 15) is 22.0 Å². The fraction of sp³-hybridized carbons (Fsp3) is 0.148. The summed E-state index contributed by atoms with van der Waals surface area (Å²) in [6.45, 7) is 1.42. The van der Waals surface area contributed by atoms with Gasteiger partial charge in [0, 0.05) is 42.3 Å². The molecule has 0 fully saturated rings. The molecule has 0 aliphatic heterocycles. The van der Waals surface area contributed by atoms with Crippen LogP contribution in [0.3, 0.4) is 0 Å². The van der Waals surface area contributed by atoms with Crippen molar-refractivity contribution in [3.63, 3.8) is 0 Å². The Morgan fingerprint density at radius 1 is 1.15 bits per heavy atom. The number of sulfonamides is 1. The number of rotatable bonds is 8. The van der Waals surface area contributed by atoms with Gasteiger partial charge in [0.15, 0.2) is 17.2 Å². The van der Waals surface area contributed by atoms with Crippen LogP contribution >= 0.6 is 11.6 Å². The SMILES string of the molecule is Cc1nc2c(COc3cc(F)cnc3-c3cc(C(N)=O)c(-c4cc(Cl)cc(NS(C)(=O)=O)c4)n3C)cc(F)cc2o1. The molecule has 10 nitrogen and oxygen atoms in total. The molecule has 0 aliphatic rings. The summed E-state index contributed by atoms with van der Waals surface area (Å²) in [5.74, 6) is -1.70. The van der Waals surface area contributed by atoms with Gasteiger partial charge in [0.1, 0.15) is 29.5 Å². The first-order valence-electron chi connectivity index (χ1n) is 11.9. The highest BCUT2D eigenvalue weighted by atomic mass is 35.5. The monoisotopic (exact) mass is 601 g/mol. The van der Waals surface area contributed by atoms with Gasteiger partial charge in [-0.05, 0) is 30.3 Å². The Morgan fingerprint density at radius 2 is 1.90 bits per heavy atom. The fourth-order valence-electron chi connectivity index (χ4n) is 4.53. The molecule has 3 heterocycles. The summed E-state index contributed by atoms with van der Waals surface area (Å²) in [5.41, 5.74) is 8.08. The maximum atomic E-state index is 14.3. The molecule has 3 aromatic heterocycles. The third-order valence-corrected chi connectivity index (χ3v) is 6.89. The van der Waals surface area contributed by atoms with Gasteiger partial charge in [-0.1, -0.05) is 11.6 Å². The van der Waals surface area contributed by atoms with Crippen LogP contribution in [0.5, 0.6) is 5.75 Å². The minimum atomic E-state index is -3.62. The minimum Gasteiger partial charge on any atom is -0.486 e. The predicted molar refractivity (Wildman–Crippen MR) is 149 cm³/mol. The lowest BCUT2D eigenvalue weighted by Crippen LogP contribution is -2.12. The zero-order chi connectivity index (χ0) is 29.6. The maximum absolute atomic E-state index is 14.3. The first-order chi connectivity index (χ1) is 19.3. The van der Waals surface area contributed by atoms with Gasteiger partial charge in [-0.3, -0.25) is 9.52 Å². The quantitative estimate of drug-likeness (QED) is 0.249. The maximum Gasteiger partial charge on any atom is 0.250 e. The molecule has 3 N–H and O–H groups in total. The standard InChI is InChI=1S/C27H22ClF2N5O5S/c1-13-33-24-15(5-17(29)8-23(24)40-13)12-39-22-9-18(30)11-32-25(22)21-10-20(27(31)36)26(35(21)2)14-4-16(28)7-19(6-14)34-41(3,37)38/h4-11,34H,12H2,1-3H3,(H2,31,36). The number of oxazole rings is 1. The number of primary amides is 1. The second-order valence-electron chi connectivity index (χ2n) is 9.25. The summed E-state index contributed by atoms with van der Waals surface area (Å²) in [5, 5.41) is 0.195. The zero-order valence-electron chi connectivity index (χ0n) is 21.8. The van der Waals surface area contributed by atoms with Crippen molar-refractivity contribution in [2.45, 2.75) is 13.5 Å². The van der Waals surface area contributed by atoms with Crippen LogP contribution in [0.25, 0.3) is 33.7 Å². The molecule has 0 bridgehead atoms. The van der Waals surface area contributed by atoms with Gasteiger partial charge < -0.3 is 19.5 Å². The Bertz CT molecular complexity index is 1960. The van der Waals surface area contributed by atoms with Crippen LogP contribution < -0.4 is 15.2 Å². The number of aryl methyl sites for hydroxylation is 1. The highest BCUT2D eigenvalue weighted by molar-refractivity contribution is 7.92. The molecule has 212 valence electrons. The van der Waals surface area contributed by atoms with Crippen molar-refractivity contribution < 1.29 is 31.1 Å². The summed E-state index contributed by atoms with van der Waals surface area (Å²) in [6, 6.07) is 9.44. The number of carbonyl (C=O) groups is 1. The highest BCUT2D eigenvalue weighted by Crippen LogP contribution is 2.38. The number of nitrogens with one attached hydrogen (secondary N) is 1. The summed E-state index contributed by atoms with van der Waals surface area (Å²) in [7, 11) is -2.01. The number of hydrogen-bond acceptors (Lipinski definition) is 7. The molecule has 0 aliphatic carbocycles. The second-order valence-corrected chi connectivity index (χ2v) is 11.4. The van der Waals surface area contributed by atoms with Crippen LogP contribution in [0.15, 0.2) is 53.1 Å². The molecule has 5 rings (SSSR count). The second kappa shape index (κ2) is 10.5. The van der Waals surface area contributed by atoms with E-state index in [0.717, 1.165) is 18.5 Å². The lowest BCUT2D eigenvalue weighted by atomic mass is 10.1. The van der Waals surface area contributed by atoms with Crippen molar-refractivity contribution >= 4 is 44.3 Å². The smallest absolute Gasteiger partial charge is 0.250 e. The number of fused-ring (bicyclic) bond motifs is 1. The average molecular weight is 602 g/mol. The average Bonchev–Trinajstić information content (AvgIpc) is 3.40. The molecule has 14 heteroatoms. The third-order valence-electron chi connectivity index (χ3n) is 6.06. The molecule has 0 spiro atoms. The van der Waals surface area contributed by atoms with Gasteiger partial charge in [0.2, 0.25) is 10.0 Å². The largest absolute Gasteiger partial charge is 0.486 e. The number of ether oxygens (including phenoxy) is 1. The molecule has 2 aromatic carbocycles. The number of benzene rings is 2. The van der Waals surface area contributed by atoms with Crippen molar-refractivity contribution in [1.29, 1.82) is 0 Å². The number of aromatic nitrogens is 3. The fourth-order valence-corrected chi connectivity index (χ4v) is 5.31. The summed E-state index contributed by atoms with van der Waals surface area (Å²) in [4.78, 5) is 21.0. The van der Waals surface area contributed by atoms with Gasteiger partial charge in [-0.2, -0.15) is 0 Å². The molecule has 0 saturated carbocycles. The first-order valence-corrected chi connectivity index (χ1v) is 14.2. The van der Waals surface area contributed by atoms with E-state index in [2.05, 4.69) is 14.7 Å². The molecule has 0 saturated heterocycles. The third kappa shape index (κ3) is 5.86. The van der Waals surface area contributed by atoms with Crippen LogP contribution in [0, 0.1) is 18.6 Å². The number of hydrogen-bond donors (Lipinski definition) is 2. The lowest BCUT2D eigenvalue weighted by molar-refractivity contribution is 0.100. The molecule has 5 aromatic rings. The molecular formula is C27H22ClF2N5O5S. The van der Waals surface area contributed by atoms with Crippen molar-refractivity contribution in [3.05, 3.63) is 82.3 Å². The van der Waals surface area contributed by atoms with Crippen LogP contribution in [0.4, 0.5) is 14.5 Å². The number of amides is 1. The Kier molecular flexibility index (Phi) is 7.17. The predicted octanol–water partition coefficient (Wildman–Crippen LogP) is 5.18. The van der Waals surface area contributed by atoms with Gasteiger partial charge in [0.05, 0.1) is 35.1 Å². The number of nitrogens with zero attached hydrogens (tertiary/aromatic N) is 3. The van der Waals surface area contributed by atoms with Gasteiger partial charge in [-0.15, -0.1) is 0 Å². The Labute approximate surface area is 237 Å². The molecule has 1 amide bonds. The van der Waals surface area contributed by atoms with Crippen molar-refractivity contribution in [2.24, 2.45) is 12.8 Å². The number of nitrogens with two attached hydrogens (primary N) is 1. The van der Waals surface area contributed by atoms with Crippen LogP contribution in [0.2, 0.25) is 5.02 Å². The van der Waals surface area contributed by atoms with Crippen LogP contribution in [-0.2, 0) is 23.7 Å². The summed E-state index contributed by atoms with van der Waals surface area (Å²) in [6.07, 6.45) is 1.97. The molecule has 0 radical (unpaired) electrons. The van der Waals surface area contributed by atoms with Gasteiger partial charge in [-0.25, -0.2) is 27.2 Å². The van der Waals surface area contributed by atoms with E-state index in [0.29, 0.717) is 33.9 Å². The number of carbonyl (C=O) groups excluding carboxylic acids is 1. The minimum absolute atomic E-state index is 0.00340. The lowest BCUT2D eigenvalue weighted by Gasteiger charge is -2.14. The van der Waals surface area contributed by atoms with Gasteiger partial charge >= 0.3 is 0 Å². The van der Waals surface area contributed by atoms with Crippen molar-refractivity contribution in [3.8, 4) is 28.4 Å². The molecule has 0 unspecified atom stereocenters. The van der Waals surface area contributed by atoms with E-state index in [-0.39, 0.29) is 39.9 Å². The summed E-state index contributed by atoms with van der Waals surface area (Å²) >= 11 is 6.26. The number of anilines is 1. The van der Waals surface area contributed by atoms with Crippen LogP contribution in [0.1, 0.15) is 21.8 Å².